The molecule has 0 spiro atoms. The summed E-state index contributed by atoms with van der Waals surface area (Å²) in [4.78, 5) is 14.3. The van der Waals surface area contributed by atoms with Crippen molar-refractivity contribution >= 4 is 11.8 Å². The maximum atomic E-state index is 10.4. The van der Waals surface area contributed by atoms with Gasteiger partial charge in [-0.1, -0.05) is 0 Å². The molecule has 0 radical (unpaired) electrons. The molecule has 1 heterocycles. The fourth-order valence-corrected chi connectivity index (χ4v) is 1.38. The highest BCUT2D eigenvalue weighted by Gasteiger charge is 2.26. The zero-order valence-electron chi connectivity index (χ0n) is 7.03. The molecule has 0 saturated heterocycles. The molecule has 2 rings (SSSR count). The lowest BCUT2D eigenvalue weighted by molar-refractivity contribution is 0.209. The summed E-state index contributed by atoms with van der Waals surface area (Å²) in [7, 11) is 0. The van der Waals surface area contributed by atoms with Crippen LogP contribution in [0.1, 0.15) is 24.3 Å². The van der Waals surface area contributed by atoms with Gasteiger partial charge in [0.25, 0.3) is 0 Å². The number of amides is 1. The van der Waals surface area contributed by atoms with Gasteiger partial charge in [-0.2, -0.15) is 0 Å². The van der Waals surface area contributed by atoms with Gasteiger partial charge in [0.2, 0.25) is 0 Å². The molecule has 1 aliphatic carbocycles. The smallest absolute Gasteiger partial charge is 0.409 e. The summed E-state index contributed by atoms with van der Waals surface area (Å²) >= 11 is 0. The molecular formula is C9H10N2O2. The van der Waals surface area contributed by atoms with E-state index in [0.717, 1.165) is 18.4 Å². The van der Waals surface area contributed by atoms with E-state index in [1.54, 1.807) is 12.4 Å². The summed E-state index contributed by atoms with van der Waals surface area (Å²) in [5, 5.41) is 10.9. The molecule has 0 atom stereocenters. The van der Waals surface area contributed by atoms with Gasteiger partial charge in [0.1, 0.15) is 0 Å². The normalized spacial score (nSPS) is 15.4. The van der Waals surface area contributed by atoms with Crippen LogP contribution in [-0.2, 0) is 0 Å². The predicted octanol–water partition coefficient (Wildman–Crippen LogP) is 2.05. The Morgan fingerprint density at radius 2 is 2.38 bits per heavy atom. The largest absolute Gasteiger partial charge is 0.465 e. The van der Waals surface area contributed by atoms with Crippen molar-refractivity contribution in [3.05, 3.63) is 24.0 Å². The summed E-state index contributed by atoms with van der Waals surface area (Å²) in [6, 6.07) is 1.88. The average Bonchev–Trinajstić information content (AvgIpc) is 2.87. The van der Waals surface area contributed by atoms with Gasteiger partial charge in [-0.25, -0.2) is 4.79 Å². The number of nitrogens with one attached hydrogen (secondary N) is 1. The van der Waals surface area contributed by atoms with E-state index in [-0.39, 0.29) is 0 Å². The number of hydrogen-bond donors (Lipinski definition) is 2. The van der Waals surface area contributed by atoms with E-state index in [4.69, 9.17) is 5.11 Å². The molecule has 1 aromatic rings. The summed E-state index contributed by atoms with van der Waals surface area (Å²) in [6.45, 7) is 0. The minimum absolute atomic E-state index is 0.532. The summed E-state index contributed by atoms with van der Waals surface area (Å²) in [6.07, 6.45) is 4.52. The van der Waals surface area contributed by atoms with E-state index in [2.05, 4.69) is 10.3 Å². The number of anilines is 1. The third-order valence-corrected chi connectivity index (χ3v) is 2.11. The number of rotatable bonds is 2. The first-order chi connectivity index (χ1) is 6.27. The van der Waals surface area contributed by atoms with Crippen molar-refractivity contribution in [3.8, 4) is 0 Å². The zero-order chi connectivity index (χ0) is 9.26. The predicted molar refractivity (Wildman–Crippen MR) is 47.9 cm³/mol. The molecule has 1 fully saturated rings. The maximum absolute atomic E-state index is 10.4. The molecule has 1 aromatic heterocycles. The fourth-order valence-electron chi connectivity index (χ4n) is 1.38. The Hall–Kier alpha value is -1.58. The van der Waals surface area contributed by atoms with Crippen LogP contribution in [0.5, 0.6) is 0 Å². The molecule has 2 N–H and O–H groups in total. The minimum Gasteiger partial charge on any atom is -0.465 e. The Kier molecular flexibility index (Phi) is 1.88. The number of pyridine rings is 1. The van der Waals surface area contributed by atoms with Crippen molar-refractivity contribution in [3.63, 3.8) is 0 Å². The van der Waals surface area contributed by atoms with E-state index in [1.165, 1.54) is 0 Å². The van der Waals surface area contributed by atoms with Gasteiger partial charge in [-0.15, -0.1) is 0 Å². The van der Waals surface area contributed by atoms with E-state index < -0.39 is 6.09 Å². The number of carbonyl (C=O) groups is 1. The van der Waals surface area contributed by atoms with Crippen LogP contribution >= 0.6 is 0 Å². The Morgan fingerprint density at radius 3 is 3.00 bits per heavy atom. The monoisotopic (exact) mass is 178 g/mol. The second-order valence-electron chi connectivity index (χ2n) is 3.17. The Labute approximate surface area is 75.6 Å². The molecule has 0 aromatic carbocycles. The highest BCUT2D eigenvalue weighted by Crippen LogP contribution is 2.42. The van der Waals surface area contributed by atoms with Crippen molar-refractivity contribution < 1.29 is 9.90 Å². The average molecular weight is 178 g/mol. The van der Waals surface area contributed by atoms with Crippen LogP contribution in [0.3, 0.4) is 0 Å². The number of hydrogen-bond acceptors (Lipinski definition) is 2. The Balaban J connectivity index is 2.26. The third-order valence-electron chi connectivity index (χ3n) is 2.11. The van der Waals surface area contributed by atoms with Gasteiger partial charge >= 0.3 is 6.09 Å². The SMILES string of the molecule is O=C(O)Nc1cnccc1C1CC1. The molecule has 0 unspecified atom stereocenters. The fraction of sp³-hybridized carbons (Fsp3) is 0.333. The lowest BCUT2D eigenvalue weighted by atomic mass is 10.1. The van der Waals surface area contributed by atoms with Crippen molar-refractivity contribution in [2.45, 2.75) is 18.8 Å². The standard InChI is InChI=1S/C9H10N2O2/c12-9(13)11-8-5-10-4-3-7(8)6-1-2-6/h3-6,11H,1-2H2,(H,12,13). The Bertz CT molecular complexity index is 334. The van der Waals surface area contributed by atoms with E-state index >= 15 is 0 Å². The van der Waals surface area contributed by atoms with Crippen molar-refractivity contribution in [2.75, 3.05) is 5.32 Å². The molecular weight excluding hydrogens is 168 g/mol. The van der Waals surface area contributed by atoms with E-state index in [1.807, 2.05) is 6.07 Å². The maximum Gasteiger partial charge on any atom is 0.409 e. The molecule has 0 aliphatic heterocycles. The van der Waals surface area contributed by atoms with Crippen LogP contribution in [0.15, 0.2) is 18.5 Å². The highest BCUT2D eigenvalue weighted by molar-refractivity contribution is 5.83. The van der Waals surface area contributed by atoms with Crippen LogP contribution in [-0.4, -0.2) is 16.2 Å². The van der Waals surface area contributed by atoms with Gasteiger partial charge in [-0.3, -0.25) is 10.3 Å². The molecule has 68 valence electrons. The molecule has 1 saturated carbocycles. The second-order valence-corrected chi connectivity index (χ2v) is 3.17. The summed E-state index contributed by atoms with van der Waals surface area (Å²) < 4.78 is 0. The number of aromatic nitrogens is 1. The first-order valence-electron chi connectivity index (χ1n) is 4.21. The van der Waals surface area contributed by atoms with Gasteiger partial charge in [0.15, 0.2) is 0 Å². The number of nitrogens with zero attached hydrogens (tertiary/aromatic N) is 1. The van der Waals surface area contributed by atoms with Crippen LogP contribution in [0.2, 0.25) is 0 Å². The summed E-state index contributed by atoms with van der Waals surface area (Å²) in [5.74, 6) is 0.532. The first kappa shape index (κ1) is 8.04. The first-order valence-corrected chi connectivity index (χ1v) is 4.21. The van der Waals surface area contributed by atoms with Gasteiger partial charge in [-0.05, 0) is 30.4 Å². The molecule has 13 heavy (non-hydrogen) atoms. The van der Waals surface area contributed by atoms with Crippen molar-refractivity contribution in [1.29, 1.82) is 0 Å². The summed E-state index contributed by atoms with van der Waals surface area (Å²) in [5.41, 5.74) is 1.69. The molecule has 4 heteroatoms. The second kappa shape index (κ2) is 3.05. The highest BCUT2D eigenvalue weighted by atomic mass is 16.4. The van der Waals surface area contributed by atoms with E-state index in [9.17, 15) is 4.79 Å². The Morgan fingerprint density at radius 1 is 1.62 bits per heavy atom. The van der Waals surface area contributed by atoms with Crippen molar-refractivity contribution in [1.82, 2.24) is 4.98 Å². The van der Waals surface area contributed by atoms with Crippen LogP contribution in [0.4, 0.5) is 10.5 Å². The topological polar surface area (TPSA) is 62.2 Å². The zero-order valence-corrected chi connectivity index (χ0v) is 7.03. The molecule has 0 bridgehead atoms. The molecule has 4 nitrogen and oxygen atoms in total. The van der Waals surface area contributed by atoms with Crippen molar-refractivity contribution in [2.24, 2.45) is 0 Å². The lowest BCUT2D eigenvalue weighted by Crippen LogP contribution is -2.09. The quantitative estimate of drug-likeness (QED) is 0.728. The molecule has 1 amide bonds. The van der Waals surface area contributed by atoms with Crippen LogP contribution < -0.4 is 5.32 Å². The van der Waals surface area contributed by atoms with Gasteiger partial charge < -0.3 is 5.11 Å². The van der Waals surface area contributed by atoms with Crippen LogP contribution in [0.25, 0.3) is 0 Å². The van der Waals surface area contributed by atoms with Gasteiger partial charge in [0, 0.05) is 6.20 Å². The minimum atomic E-state index is -1.03. The van der Waals surface area contributed by atoms with Crippen LogP contribution in [0, 0.1) is 0 Å². The molecule has 1 aliphatic rings. The third kappa shape index (κ3) is 1.77. The van der Waals surface area contributed by atoms with Gasteiger partial charge in [0.05, 0.1) is 11.9 Å². The van der Waals surface area contributed by atoms with E-state index in [0.29, 0.717) is 11.6 Å². The lowest BCUT2D eigenvalue weighted by Gasteiger charge is -2.05. The number of carboxylic acid groups (broad SMARTS) is 1.